The first-order valence-electron chi connectivity index (χ1n) is 15.1. The van der Waals surface area contributed by atoms with Gasteiger partial charge in [-0.05, 0) is 77.7 Å². The maximum absolute atomic E-state index is 14.5. The maximum atomic E-state index is 14.5. The van der Waals surface area contributed by atoms with Crippen molar-refractivity contribution in [2.24, 2.45) is 0 Å². The molecule has 0 aliphatic carbocycles. The fourth-order valence-corrected chi connectivity index (χ4v) is 5.73. The molecule has 1 atom stereocenters. The minimum atomic E-state index is -0.622. The van der Waals surface area contributed by atoms with Gasteiger partial charge >= 0.3 is 0 Å². The Morgan fingerprint density at radius 3 is 1.87 bits per heavy atom. The van der Waals surface area contributed by atoms with E-state index in [1.807, 2.05) is 66.7 Å². The van der Waals surface area contributed by atoms with Gasteiger partial charge in [0.15, 0.2) is 0 Å². The van der Waals surface area contributed by atoms with E-state index in [1.165, 1.54) is 35.5 Å². The number of thioether (sulfide) groups is 1. The Balaban J connectivity index is 1.32. The van der Waals surface area contributed by atoms with Crippen molar-refractivity contribution in [1.29, 1.82) is 0 Å². The van der Waals surface area contributed by atoms with Gasteiger partial charge in [-0.2, -0.15) is 0 Å². The lowest BCUT2D eigenvalue weighted by Gasteiger charge is -2.18. The number of amides is 3. The minimum absolute atomic E-state index is 0.121. The molecule has 0 aliphatic rings. The number of hydrogen-bond acceptors (Lipinski definition) is 4. The first-order chi connectivity index (χ1) is 22.8. The van der Waals surface area contributed by atoms with Gasteiger partial charge in [-0.25, -0.2) is 4.39 Å². The van der Waals surface area contributed by atoms with Gasteiger partial charge in [0.25, 0.3) is 11.8 Å². The molecule has 0 heterocycles. The van der Waals surface area contributed by atoms with E-state index < -0.39 is 22.9 Å². The van der Waals surface area contributed by atoms with Crippen LogP contribution in [0.5, 0.6) is 0 Å². The van der Waals surface area contributed by atoms with Crippen LogP contribution in [0.1, 0.15) is 52.1 Å². The van der Waals surface area contributed by atoms with Crippen LogP contribution in [0, 0.1) is 5.82 Å². The average Bonchev–Trinajstić information content (AvgIpc) is 3.09. The summed E-state index contributed by atoms with van der Waals surface area (Å²) >= 11 is 1.39. The molecule has 0 bridgehead atoms. The predicted molar refractivity (Wildman–Crippen MR) is 188 cm³/mol. The van der Waals surface area contributed by atoms with Crippen LogP contribution >= 0.6 is 11.8 Å². The molecule has 0 saturated carbocycles. The second-order valence-corrected chi connectivity index (χ2v) is 12.2. The molecule has 3 N–H and O–H groups in total. The van der Waals surface area contributed by atoms with Crippen molar-refractivity contribution in [3.8, 4) is 0 Å². The fraction of sp³-hybridized carbons (Fsp3) is 0.103. The van der Waals surface area contributed by atoms with Gasteiger partial charge in [0.2, 0.25) is 5.91 Å². The first kappa shape index (κ1) is 32.9. The summed E-state index contributed by atoms with van der Waals surface area (Å²) in [7, 11) is 0. The standard InChI is InChI=1S/C39H34FN3O3S/c1-26(2)27-17-19-31(20-18-27)42-39(46)36(28-11-5-3-6-12-28)47-33-23-21-32(22-24-33)41-38(45)35(25-30-15-9-10-16-34(30)40)43-37(44)29-13-7-4-8-14-29/h3-26,36H,1-2H3,(H,41,45)(H,42,46)(H,43,44)/b35-25-. The van der Waals surface area contributed by atoms with Crippen molar-refractivity contribution in [2.75, 3.05) is 10.6 Å². The van der Waals surface area contributed by atoms with Gasteiger partial charge in [0, 0.05) is 27.4 Å². The van der Waals surface area contributed by atoms with Crippen molar-refractivity contribution in [3.63, 3.8) is 0 Å². The number of carbonyl (C=O) groups excluding carboxylic acids is 3. The van der Waals surface area contributed by atoms with E-state index in [4.69, 9.17) is 0 Å². The van der Waals surface area contributed by atoms with Crippen LogP contribution in [0.3, 0.4) is 0 Å². The summed E-state index contributed by atoms with van der Waals surface area (Å²) in [6, 6.07) is 38.9. The molecule has 47 heavy (non-hydrogen) atoms. The van der Waals surface area contributed by atoms with E-state index in [-0.39, 0.29) is 17.2 Å². The Labute approximate surface area is 278 Å². The van der Waals surface area contributed by atoms with Gasteiger partial charge in [-0.1, -0.05) is 92.7 Å². The molecule has 0 spiro atoms. The molecule has 1 unspecified atom stereocenters. The Morgan fingerprint density at radius 1 is 0.660 bits per heavy atom. The molecular formula is C39H34FN3O3S. The lowest BCUT2D eigenvalue weighted by Crippen LogP contribution is -2.30. The molecule has 5 rings (SSSR count). The monoisotopic (exact) mass is 643 g/mol. The largest absolute Gasteiger partial charge is 0.325 e. The Bertz CT molecular complexity index is 1860. The van der Waals surface area contributed by atoms with Gasteiger partial charge < -0.3 is 16.0 Å². The molecule has 0 aliphatic heterocycles. The van der Waals surface area contributed by atoms with Crippen molar-refractivity contribution < 1.29 is 18.8 Å². The number of rotatable bonds is 11. The lowest BCUT2D eigenvalue weighted by molar-refractivity contribution is -0.116. The van der Waals surface area contributed by atoms with Crippen LogP contribution in [-0.2, 0) is 9.59 Å². The van der Waals surface area contributed by atoms with E-state index >= 15 is 0 Å². The molecule has 3 amide bonds. The second-order valence-electron chi connectivity index (χ2n) is 11.1. The number of nitrogens with one attached hydrogen (secondary N) is 3. The summed E-state index contributed by atoms with van der Waals surface area (Å²) in [6.45, 7) is 4.25. The number of halogens is 1. The van der Waals surface area contributed by atoms with Crippen molar-refractivity contribution in [3.05, 3.63) is 167 Å². The van der Waals surface area contributed by atoms with Gasteiger partial charge in [-0.15, -0.1) is 11.8 Å². The predicted octanol–water partition coefficient (Wildman–Crippen LogP) is 8.83. The number of hydrogen-bond donors (Lipinski definition) is 3. The highest BCUT2D eigenvalue weighted by Gasteiger charge is 2.23. The lowest BCUT2D eigenvalue weighted by atomic mass is 10.0. The molecule has 0 aromatic heterocycles. The van der Waals surface area contributed by atoms with Gasteiger partial charge in [-0.3, -0.25) is 14.4 Å². The van der Waals surface area contributed by atoms with Crippen molar-refractivity contribution in [2.45, 2.75) is 29.9 Å². The van der Waals surface area contributed by atoms with Gasteiger partial charge in [0.05, 0.1) is 0 Å². The summed E-state index contributed by atoms with van der Waals surface area (Å²) in [5, 5.41) is 7.91. The van der Waals surface area contributed by atoms with E-state index in [0.29, 0.717) is 17.2 Å². The molecule has 0 fully saturated rings. The zero-order valence-corrected chi connectivity index (χ0v) is 26.8. The third-order valence-corrected chi connectivity index (χ3v) is 8.55. The van der Waals surface area contributed by atoms with E-state index in [0.717, 1.165) is 16.1 Å². The highest BCUT2D eigenvalue weighted by molar-refractivity contribution is 8.00. The normalized spacial score (nSPS) is 11.9. The van der Waals surface area contributed by atoms with E-state index in [1.54, 1.807) is 54.6 Å². The third kappa shape index (κ3) is 9.05. The zero-order chi connectivity index (χ0) is 33.2. The van der Waals surface area contributed by atoms with Crippen LogP contribution in [0.4, 0.5) is 15.8 Å². The average molecular weight is 644 g/mol. The molecular weight excluding hydrogens is 610 g/mol. The summed E-state index contributed by atoms with van der Waals surface area (Å²) in [5.74, 6) is -1.42. The van der Waals surface area contributed by atoms with Crippen LogP contribution in [0.2, 0.25) is 0 Å². The van der Waals surface area contributed by atoms with E-state index in [9.17, 15) is 18.8 Å². The van der Waals surface area contributed by atoms with Crippen LogP contribution in [-0.4, -0.2) is 17.7 Å². The minimum Gasteiger partial charge on any atom is -0.325 e. The van der Waals surface area contributed by atoms with Crippen LogP contribution < -0.4 is 16.0 Å². The van der Waals surface area contributed by atoms with Crippen molar-refractivity contribution in [1.82, 2.24) is 5.32 Å². The Kier molecular flexibility index (Phi) is 11.0. The molecule has 8 heteroatoms. The molecule has 0 radical (unpaired) electrons. The van der Waals surface area contributed by atoms with Crippen LogP contribution in [0.15, 0.2) is 144 Å². The molecule has 236 valence electrons. The third-order valence-electron chi connectivity index (χ3n) is 7.29. The first-order valence-corrected chi connectivity index (χ1v) is 16.0. The summed E-state index contributed by atoms with van der Waals surface area (Å²) < 4.78 is 14.5. The quantitative estimate of drug-likeness (QED) is 0.0992. The highest BCUT2D eigenvalue weighted by atomic mass is 32.2. The highest BCUT2D eigenvalue weighted by Crippen LogP contribution is 2.37. The molecule has 0 saturated heterocycles. The summed E-state index contributed by atoms with van der Waals surface area (Å²) in [6.07, 6.45) is 1.30. The molecule has 5 aromatic carbocycles. The topological polar surface area (TPSA) is 87.3 Å². The van der Waals surface area contributed by atoms with Crippen molar-refractivity contribution >= 4 is 46.9 Å². The van der Waals surface area contributed by atoms with E-state index in [2.05, 4.69) is 29.8 Å². The summed E-state index contributed by atoms with van der Waals surface area (Å²) in [5.41, 5.74) is 3.60. The SMILES string of the molecule is CC(C)c1ccc(NC(=O)C(Sc2ccc(NC(=O)/C(=C/c3ccccc3F)NC(=O)c3ccccc3)cc2)c2ccccc2)cc1. The zero-order valence-electron chi connectivity index (χ0n) is 25.9. The Hall–Kier alpha value is -5.47. The Morgan fingerprint density at radius 2 is 1.23 bits per heavy atom. The second kappa shape index (κ2) is 15.7. The fourth-order valence-electron chi connectivity index (χ4n) is 4.70. The number of carbonyl (C=O) groups is 3. The molecule has 5 aromatic rings. The maximum Gasteiger partial charge on any atom is 0.272 e. The van der Waals surface area contributed by atoms with Gasteiger partial charge in [0.1, 0.15) is 16.8 Å². The number of benzene rings is 5. The molecule has 6 nitrogen and oxygen atoms in total. The summed E-state index contributed by atoms with van der Waals surface area (Å²) in [4.78, 5) is 40.6. The number of anilines is 2. The van der Waals surface area contributed by atoms with Crippen LogP contribution in [0.25, 0.3) is 6.08 Å². The smallest absolute Gasteiger partial charge is 0.272 e.